The Hall–Kier alpha value is -4.85. The monoisotopic (exact) mass is 479 g/mol. The molecule has 0 saturated heterocycles. The minimum absolute atomic E-state index is 0.0899. The van der Waals surface area contributed by atoms with Crippen molar-refractivity contribution in [1.29, 1.82) is 0 Å². The molecule has 3 heterocycles. The summed E-state index contributed by atoms with van der Waals surface area (Å²) >= 11 is 0. The Morgan fingerprint density at radius 1 is 0.861 bits per heavy atom. The molecule has 0 bridgehead atoms. The first kappa shape index (κ1) is 21.7. The van der Waals surface area contributed by atoms with E-state index in [1.54, 1.807) is 49.1 Å². The summed E-state index contributed by atoms with van der Waals surface area (Å²) in [6, 6.07) is 20.0. The van der Waals surface area contributed by atoms with Gasteiger partial charge in [-0.05, 0) is 30.3 Å². The Labute approximate surface area is 205 Å². The van der Waals surface area contributed by atoms with Crippen LogP contribution >= 0.6 is 0 Å². The van der Waals surface area contributed by atoms with Crippen LogP contribution in [-0.4, -0.2) is 36.1 Å². The van der Waals surface area contributed by atoms with Gasteiger partial charge in [-0.15, -0.1) is 0 Å². The van der Waals surface area contributed by atoms with E-state index in [0.29, 0.717) is 28.3 Å². The third kappa shape index (κ3) is 3.42. The van der Waals surface area contributed by atoms with Gasteiger partial charge in [0.05, 0.1) is 30.8 Å². The Balaban J connectivity index is 1.34. The van der Waals surface area contributed by atoms with E-state index in [1.165, 1.54) is 0 Å². The normalized spacial score (nSPS) is 11.4. The number of benzene rings is 3. The molecule has 6 aromatic rings. The number of hydrogen-bond acceptors (Lipinski definition) is 6. The van der Waals surface area contributed by atoms with Gasteiger partial charge >= 0.3 is 0 Å². The number of anilines is 1. The topological polar surface area (TPSA) is 91.2 Å². The van der Waals surface area contributed by atoms with Gasteiger partial charge in [-0.3, -0.25) is 19.0 Å². The number of fused-ring (bicyclic) bond motifs is 5. The van der Waals surface area contributed by atoms with Crippen LogP contribution in [0.4, 0.5) is 5.69 Å². The number of carbonyl (C=O) groups is 1. The van der Waals surface area contributed by atoms with Crippen LogP contribution < -0.4 is 25.1 Å². The first-order valence-corrected chi connectivity index (χ1v) is 11.3. The van der Waals surface area contributed by atoms with E-state index in [-0.39, 0.29) is 18.1 Å². The average molecular weight is 479 g/mol. The number of hydrogen-bond donors (Lipinski definition) is 1. The van der Waals surface area contributed by atoms with Crippen LogP contribution in [0.2, 0.25) is 0 Å². The molecule has 0 fully saturated rings. The van der Waals surface area contributed by atoms with E-state index in [2.05, 4.69) is 10.3 Å². The van der Waals surface area contributed by atoms with Crippen LogP contribution in [0, 0.1) is 0 Å². The summed E-state index contributed by atoms with van der Waals surface area (Å²) in [6.45, 7) is -0.194. The lowest BCUT2D eigenvalue weighted by atomic mass is 10.1. The number of amides is 1. The molecule has 0 aliphatic carbocycles. The zero-order chi connectivity index (χ0) is 24.8. The lowest BCUT2D eigenvalue weighted by molar-refractivity contribution is -0.118. The zero-order valence-corrected chi connectivity index (χ0v) is 19.6. The van der Waals surface area contributed by atoms with Crippen LogP contribution in [-0.2, 0) is 4.79 Å². The largest absolute Gasteiger partial charge is 0.497 e. The van der Waals surface area contributed by atoms with E-state index in [1.807, 2.05) is 42.5 Å². The van der Waals surface area contributed by atoms with Crippen molar-refractivity contribution in [1.82, 2.24) is 9.38 Å². The summed E-state index contributed by atoms with van der Waals surface area (Å²) in [6.07, 6.45) is 1.75. The molecule has 0 saturated carbocycles. The molecule has 178 valence electrons. The first-order valence-electron chi connectivity index (χ1n) is 11.3. The highest BCUT2D eigenvalue weighted by Crippen LogP contribution is 2.34. The average Bonchev–Trinajstić information content (AvgIpc) is 3.25. The van der Waals surface area contributed by atoms with Gasteiger partial charge in [-0.2, -0.15) is 0 Å². The molecule has 36 heavy (non-hydrogen) atoms. The third-order valence-corrected chi connectivity index (χ3v) is 6.27. The Morgan fingerprint density at radius 2 is 1.61 bits per heavy atom. The smallest absolute Gasteiger partial charge is 0.263 e. The Kier molecular flexibility index (Phi) is 5.07. The summed E-state index contributed by atoms with van der Waals surface area (Å²) in [5.41, 5.74) is 2.76. The van der Waals surface area contributed by atoms with Crippen LogP contribution in [0.15, 0.2) is 77.7 Å². The molecule has 6 rings (SSSR count). The lowest BCUT2D eigenvalue weighted by Gasteiger charge is -2.11. The van der Waals surface area contributed by atoms with Crippen LogP contribution in [0.3, 0.4) is 0 Å². The molecule has 0 radical (unpaired) electrons. The molecule has 0 spiro atoms. The molecule has 3 aromatic heterocycles. The molecule has 3 aromatic carbocycles. The van der Waals surface area contributed by atoms with Crippen LogP contribution in [0.1, 0.15) is 0 Å². The predicted octanol–water partition coefficient (Wildman–Crippen LogP) is 4.63. The van der Waals surface area contributed by atoms with E-state index >= 15 is 0 Å². The maximum atomic E-state index is 13.4. The molecule has 0 unspecified atom stereocenters. The number of ether oxygens (including phenoxy) is 3. The highest BCUT2D eigenvalue weighted by atomic mass is 16.5. The van der Waals surface area contributed by atoms with Crippen molar-refractivity contribution in [3.05, 3.63) is 83.3 Å². The van der Waals surface area contributed by atoms with Gasteiger partial charge in [-0.1, -0.05) is 18.2 Å². The Morgan fingerprint density at radius 3 is 2.36 bits per heavy atom. The van der Waals surface area contributed by atoms with Gasteiger partial charge in [0.25, 0.3) is 11.5 Å². The summed E-state index contributed by atoms with van der Waals surface area (Å²) in [5, 5.41) is 5.99. The number of aromatic nitrogens is 2. The predicted molar refractivity (Wildman–Crippen MR) is 139 cm³/mol. The molecule has 1 N–H and O–H groups in total. The maximum absolute atomic E-state index is 13.4. The summed E-state index contributed by atoms with van der Waals surface area (Å²) in [4.78, 5) is 30.5. The maximum Gasteiger partial charge on any atom is 0.263 e. The number of nitrogens with one attached hydrogen (secondary N) is 1. The van der Waals surface area contributed by atoms with Crippen LogP contribution in [0.5, 0.6) is 17.2 Å². The molecule has 0 atom stereocenters. The molecule has 0 aliphatic heterocycles. The summed E-state index contributed by atoms with van der Waals surface area (Å²) in [7, 11) is 3.09. The fraction of sp³-hybridized carbons (Fsp3) is 0.107. The fourth-order valence-corrected chi connectivity index (χ4v) is 4.66. The van der Waals surface area contributed by atoms with E-state index < -0.39 is 0 Å². The summed E-state index contributed by atoms with van der Waals surface area (Å²) < 4.78 is 18.0. The van der Waals surface area contributed by atoms with Gasteiger partial charge in [0.15, 0.2) is 6.61 Å². The standard InChI is InChI=1S/C28H21N3O5/c1-34-18-11-16(12-19(13-18)35-2)30-25(32)15-36-17-7-8-24-23(14-17)21-9-10-29-26-20-5-3-4-6-22(20)28(33)31(24)27(21)26/h3-14H,15H2,1-2H3,(H,30,32). The summed E-state index contributed by atoms with van der Waals surface area (Å²) in [5.74, 6) is 1.32. The molecule has 0 aliphatic rings. The van der Waals surface area contributed by atoms with E-state index in [4.69, 9.17) is 14.2 Å². The van der Waals surface area contributed by atoms with Crippen molar-refractivity contribution in [2.45, 2.75) is 0 Å². The molecule has 8 heteroatoms. The molecule has 8 nitrogen and oxygen atoms in total. The number of carbonyl (C=O) groups excluding carboxylic acids is 1. The number of pyridine rings is 2. The molecule has 1 amide bonds. The number of nitrogens with zero attached hydrogens (tertiary/aromatic N) is 2. The van der Waals surface area contributed by atoms with Crippen molar-refractivity contribution < 1.29 is 19.0 Å². The van der Waals surface area contributed by atoms with Crippen molar-refractivity contribution in [3.63, 3.8) is 0 Å². The van der Waals surface area contributed by atoms with Crippen molar-refractivity contribution in [2.75, 3.05) is 26.1 Å². The minimum atomic E-state index is -0.331. The zero-order valence-electron chi connectivity index (χ0n) is 19.6. The quantitative estimate of drug-likeness (QED) is 0.351. The van der Waals surface area contributed by atoms with Crippen molar-refractivity contribution in [2.24, 2.45) is 0 Å². The van der Waals surface area contributed by atoms with E-state index in [0.717, 1.165) is 32.7 Å². The molecular formula is C28H21N3O5. The van der Waals surface area contributed by atoms with Gasteiger partial charge in [0.2, 0.25) is 0 Å². The highest BCUT2D eigenvalue weighted by Gasteiger charge is 2.18. The Bertz CT molecular complexity index is 1820. The lowest BCUT2D eigenvalue weighted by Crippen LogP contribution is -2.20. The molecular weight excluding hydrogens is 458 g/mol. The second kappa shape index (κ2) is 8.42. The van der Waals surface area contributed by atoms with Gasteiger partial charge in [0, 0.05) is 51.6 Å². The number of methoxy groups -OCH3 is 2. The number of rotatable bonds is 6. The third-order valence-electron chi connectivity index (χ3n) is 6.27. The van der Waals surface area contributed by atoms with Gasteiger partial charge in [-0.25, -0.2) is 0 Å². The van der Waals surface area contributed by atoms with Crippen molar-refractivity contribution in [3.8, 4) is 17.2 Å². The minimum Gasteiger partial charge on any atom is -0.497 e. The highest BCUT2D eigenvalue weighted by molar-refractivity contribution is 6.18. The second-order valence-electron chi connectivity index (χ2n) is 8.36. The SMILES string of the molecule is COc1cc(NC(=O)COc2ccc3c(c2)c2ccnc4c5ccccc5c(=O)n3c24)cc(OC)c1. The fourth-order valence-electron chi connectivity index (χ4n) is 4.66. The first-order chi connectivity index (χ1) is 17.6. The van der Waals surface area contributed by atoms with Gasteiger partial charge in [0.1, 0.15) is 17.2 Å². The second-order valence-corrected chi connectivity index (χ2v) is 8.36. The van der Waals surface area contributed by atoms with Crippen LogP contribution in [0.25, 0.3) is 38.1 Å². The van der Waals surface area contributed by atoms with Gasteiger partial charge < -0.3 is 19.5 Å². The van der Waals surface area contributed by atoms with Crippen molar-refractivity contribution >= 4 is 49.7 Å². The van der Waals surface area contributed by atoms with E-state index in [9.17, 15) is 9.59 Å².